The van der Waals surface area contributed by atoms with E-state index in [0.29, 0.717) is 5.02 Å². The van der Waals surface area contributed by atoms with Crippen LogP contribution in [-0.4, -0.2) is 5.11 Å². The molecule has 1 aromatic rings. The van der Waals surface area contributed by atoms with Crippen LogP contribution in [-0.2, 0) is 0 Å². The second-order valence-electron chi connectivity index (χ2n) is 4.20. The number of benzene rings is 1. The summed E-state index contributed by atoms with van der Waals surface area (Å²) in [5.41, 5.74) is 0.976. The fraction of sp³-hybridized carbons (Fsp3) is 0.500. The van der Waals surface area contributed by atoms with Crippen molar-refractivity contribution in [2.75, 3.05) is 0 Å². The Balaban J connectivity index is 2.02. The maximum absolute atomic E-state index is 10.0. The molecule has 0 bridgehead atoms. The van der Waals surface area contributed by atoms with E-state index in [1.54, 1.807) is 0 Å². The summed E-state index contributed by atoms with van der Waals surface area (Å²) in [6.45, 7) is 0. The Morgan fingerprint density at radius 2 is 2.20 bits per heavy atom. The molecule has 3 heteroatoms. The molecule has 0 amide bonds. The molecule has 1 nitrogen and oxygen atoms in total. The van der Waals surface area contributed by atoms with Crippen LogP contribution in [0.1, 0.15) is 37.4 Å². The summed E-state index contributed by atoms with van der Waals surface area (Å²) < 4.78 is 1.10. The quantitative estimate of drug-likeness (QED) is 0.818. The summed E-state index contributed by atoms with van der Waals surface area (Å²) in [4.78, 5) is 0. The third kappa shape index (κ3) is 3.33. The molecule has 1 atom stereocenters. The SMILES string of the molecule is OC(CCC1CC1)c1cc(Cl)ccc1I. The van der Waals surface area contributed by atoms with Crippen LogP contribution in [0, 0.1) is 9.49 Å². The molecule has 0 aliphatic heterocycles. The van der Waals surface area contributed by atoms with Gasteiger partial charge in [0.2, 0.25) is 0 Å². The first-order chi connectivity index (χ1) is 7.16. The van der Waals surface area contributed by atoms with Gasteiger partial charge in [0.05, 0.1) is 6.10 Å². The molecule has 1 unspecified atom stereocenters. The standard InChI is InChI=1S/C12H14ClIO/c13-9-4-5-11(14)10(7-9)12(15)6-3-8-1-2-8/h4-5,7-8,12,15H,1-3,6H2. The Morgan fingerprint density at radius 3 is 2.87 bits per heavy atom. The van der Waals surface area contributed by atoms with E-state index in [-0.39, 0.29) is 6.10 Å². The molecule has 0 saturated heterocycles. The third-order valence-corrected chi connectivity index (χ3v) is 4.08. The van der Waals surface area contributed by atoms with Crippen LogP contribution in [0.15, 0.2) is 18.2 Å². The van der Waals surface area contributed by atoms with Gasteiger partial charge in [0, 0.05) is 8.59 Å². The highest BCUT2D eigenvalue weighted by Crippen LogP contribution is 2.36. The van der Waals surface area contributed by atoms with E-state index < -0.39 is 0 Å². The lowest BCUT2D eigenvalue weighted by Crippen LogP contribution is -2.00. The molecule has 1 aliphatic carbocycles. The number of halogens is 2. The monoisotopic (exact) mass is 336 g/mol. The van der Waals surface area contributed by atoms with Crippen LogP contribution in [0.25, 0.3) is 0 Å². The van der Waals surface area contributed by atoms with E-state index in [2.05, 4.69) is 22.6 Å². The van der Waals surface area contributed by atoms with Gasteiger partial charge in [0.1, 0.15) is 0 Å². The van der Waals surface area contributed by atoms with Gasteiger partial charge in [-0.05, 0) is 65.1 Å². The largest absolute Gasteiger partial charge is 0.388 e. The molecule has 2 rings (SSSR count). The number of hydrogen-bond acceptors (Lipinski definition) is 1. The van der Waals surface area contributed by atoms with Crippen molar-refractivity contribution in [1.82, 2.24) is 0 Å². The third-order valence-electron chi connectivity index (χ3n) is 2.86. The lowest BCUT2D eigenvalue weighted by Gasteiger charge is -2.12. The Morgan fingerprint density at radius 1 is 1.47 bits per heavy atom. The number of rotatable bonds is 4. The van der Waals surface area contributed by atoms with Crippen LogP contribution in [0.2, 0.25) is 5.02 Å². The minimum Gasteiger partial charge on any atom is -0.388 e. The van der Waals surface area contributed by atoms with Crippen molar-refractivity contribution in [3.05, 3.63) is 32.4 Å². The van der Waals surface area contributed by atoms with E-state index in [9.17, 15) is 5.11 Å². The van der Waals surface area contributed by atoms with Crippen LogP contribution in [0.3, 0.4) is 0 Å². The minimum absolute atomic E-state index is 0.351. The van der Waals surface area contributed by atoms with Crippen LogP contribution >= 0.6 is 34.2 Å². The first kappa shape index (κ1) is 11.7. The zero-order valence-corrected chi connectivity index (χ0v) is 11.3. The number of hydrogen-bond donors (Lipinski definition) is 1. The van der Waals surface area contributed by atoms with Crippen molar-refractivity contribution < 1.29 is 5.11 Å². The van der Waals surface area contributed by atoms with Gasteiger partial charge in [-0.3, -0.25) is 0 Å². The summed E-state index contributed by atoms with van der Waals surface area (Å²) in [5.74, 6) is 0.872. The molecule has 0 radical (unpaired) electrons. The first-order valence-electron chi connectivity index (χ1n) is 5.30. The summed E-state index contributed by atoms with van der Waals surface area (Å²) in [5, 5.41) is 10.7. The normalized spacial score (nSPS) is 17.8. The lowest BCUT2D eigenvalue weighted by atomic mass is 10.0. The van der Waals surface area contributed by atoms with Gasteiger partial charge in [0.15, 0.2) is 0 Å². The molecule has 1 saturated carbocycles. The summed E-state index contributed by atoms with van der Waals surface area (Å²) in [7, 11) is 0. The predicted octanol–water partition coefficient (Wildman–Crippen LogP) is 4.17. The Kier molecular flexibility index (Phi) is 3.91. The van der Waals surface area contributed by atoms with Gasteiger partial charge in [-0.25, -0.2) is 0 Å². The number of aliphatic hydroxyl groups is 1. The van der Waals surface area contributed by atoms with Crippen molar-refractivity contribution in [3.8, 4) is 0 Å². The Labute approximate surface area is 109 Å². The number of aliphatic hydroxyl groups excluding tert-OH is 1. The topological polar surface area (TPSA) is 20.2 Å². The van der Waals surface area contributed by atoms with Gasteiger partial charge >= 0.3 is 0 Å². The fourth-order valence-corrected chi connectivity index (χ4v) is 2.60. The molecule has 1 fully saturated rings. The van der Waals surface area contributed by atoms with E-state index in [4.69, 9.17) is 11.6 Å². The van der Waals surface area contributed by atoms with E-state index >= 15 is 0 Å². The molecule has 0 spiro atoms. The Bertz CT molecular complexity index is 349. The predicted molar refractivity (Wildman–Crippen MR) is 71.1 cm³/mol. The van der Waals surface area contributed by atoms with Gasteiger partial charge in [-0.15, -0.1) is 0 Å². The first-order valence-corrected chi connectivity index (χ1v) is 6.75. The zero-order chi connectivity index (χ0) is 10.8. The molecule has 1 N–H and O–H groups in total. The van der Waals surface area contributed by atoms with Gasteiger partial charge in [-0.1, -0.05) is 24.4 Å². The molecule has 15 heavy (non-hydrogen) atoms. The van der Waals surface area contributed by atoms with Crippen molar-refractivity contribution in [2.45, 2.75) is 31.8 Å². The molecule has 0 aromatic heterocycles. The Hall–Kier alpha value is 0.200. The van der Waals surface area contributed by atoms with Crippen molar-refractivity contribution in [3.63, 3.8) is 0 Å². The van der Waals surface area contributed by atoms with Crippen molar-refractivity contribution >= 4 is 34.2 Å². The zero-order valence-electron chi connectivity index (χ0n) is 8.42. The fourth-order valence-electron chi connectivity index (χ4n) is 1.73. The van der Waals surface area contributed by atoms with Gasteiger partial charge in [0.25, 0.3) is 0 Å². The van der Waals surface area contributed by atoms with E-state index in [1.165, 1.54) is 12.8 Å². The molecular weight excluding hydrogens is 322 g/mol. The maximum Gasteiger partial charge on any atom is 0.0800 e. The van der Waals surface area contributed by atoms with Crippen molar-refractivity contribution in [1.29, 1.82) is 0 Å². The molecule has 82 valence electrons. The van der Waals surface area contributed by atoms with Gasteiger partial charge < -0.3 is 5.11 Å². The van der Waals surface area contributed by atoms with Crippen LogP contribution < -0.4 is 0 Å². The van der Waals surface area contributed by atoms with Gasteiger partial charge in [-0.2, -0.15) is 0 Å². The summed E-state index contributed by atoms with van der Waals surface area (Å²) in [6.07, 6.45) is 4.35. The smallest absolute Gasteiger partial charge is 0.0800 e. The van der Waals surface area contributed by atoms with E-state index in [1.807, 2.05) is 18.2 Å². The highest BCUT2D eigenvalue weighted by molar-refractivity contribution is 14.1. The van der Waals surface area contributed by atoms with Crippen molar-refractivity contribution in [2.24, 2.45) is 5.92 Å². The van der Waals surface area contributed by atoms with Crippen LogP contribution in [0.5, 0.6) is 0 Å². The second-order valence-corrected chi connectivity index (χ2v) is 5.80. The average molecular weight is 337 g/mol. The lowest BCUT2D eigenvalue weighted by molar-refractivity contribution is 0.161. The highest BCUT2D eigenvalue weighted by atomic mass is 127. The molecule has 1 aromatic carbocycles. The average Bonchev–Trinajstić information content (AvgIpc) is 3.02. The molecule has 1 aliphatic rings. The van der Waals surface area contributed by atoms with E-state index in [0.717, 1.165) is 27.9 Å². The summed E-state index contributed by atoms with van der Waals surface area (Å²) >= 11 is 8.17. The minimum atomic E-state index is -0.351. The molecule has 0 heterocycles. The summed E-state index contributed by atoms with van der Waals surface area (Å²) in [6, 6.07) is 5.69. The second kappa shape index (κ2) is 5.02. The highest BCUT2D eigenvalue weighted by Gasteiger charge is 2.22. The maximum atomic E-state index is 10.0. The van der Waals surface area contributed by atoms with Crippen LogP contribution in [0.4, 0.5) is 0 Å². The molecular formula is C12H14ClIO.